The largest absolute Gasteiger partial charge is 0.494 e. The van der Waals surface area contributed by atoms with E-state index in [1.807, 2.05) is 11.9 Å². The third kappa shape index (κ3) is 6.46. The Labute approximate surface area is 241 Å². The lowest BCUT2D eigenvalue weighted by molar-refractivity contribution is 0.102. The van der Waals surface area contributed by atoms with Crippen LogP contribution in [-0.2, 0) is 6.54 Å². The Morgan fingerprint density at radius 1 is 1.03 bits per heavy atom. The normalized spacial score (nSPS) is 10.7. The highest BCUT2D eigenvalue weighted by atomic mass is 35.5. The van der Waals surface area contributed by atoms with Gasteiger partial charge in [-0.2, -0.15) is 0 Å². The first kappa shape index (κ1) is 27.9. The average molecular weight is 612 g/mol. The van der Waals surface area contributed by atoms with Gasteiger partial charge < -0.3 is 20.3 Å². The van der Waals surface area contributed by atoms with Crippen molar-refractivity contribution < 1.29 is 14.3 Å². The average Bonchev–Trinajstić information content (AvgIpc) is 3.25. The van der Waals surface area contributed by atoms with E-state index in [4.69, 9.17) is 51.1 Å². The minimum absolute atomic E-state index is 0.0627. The van der Waals surface area contributed by atoms with Crippen LogP contribution in [0.5, 0.6) is 5.75 Å². The summed E-state index contributed by atoms with van der Waals surface area (Å²) in [4.78, 5) is 40.6. The number of carbonyl (C=O) groups is 2. The van der Waals surface area contributed by atoms with Crippen molar-refractivity contribution in [1.29, 1.82) is 0 Å². The molecule has 0 aliphatic heterocycles. The maximum Gasteiger partial charge on any atom is 0.267 e. The number of hydrogen-bond donors (Lipinski definition) is 2. The number of halogens is 4. The molecule has 3 aromatic heterocycles. The molecule has 196 valence electrons. The first-order valence-corrected chi connectivity index (χ1v) is 13.1. The van der Waals surface area contributed by atoms with Crippen molar-refractivity contribution in [3.05, 3.63) is 84.5 Å². The van der Waals surface area contributed by atoms with Crippen molar-refractivity contribution >= 4 is 86.9 Å². The fourth-order valence-corrected chi connectivity index (χ4v) is 5.08. The van der Waals surface area contributed by atoms with Crippen molar-refractivity contribution in [3.8, 4) is 5.75 Å². The van der Waals surface area contributed by atoms with Crippen LogP contribution in [0.1, 0.15) is 25.6 Å². The number of carbonyl (C=O) groups excluding carboxylic acids is 2. The summed E-state index contributed by atoms with van der Waals surface area (Å²) >= 11 is 25.7. The minimum atomic E-state index is -0.570. The Balaban J connectivity index is 1.58. The van der Waals surface area contributed by atoms with Gasteiger partial charge in [0, 0.05) is 42.6 Å². The van der Waals surface area contributed by atoms with E-state index in [1.54, 1.807) is 29.8 Å². The summed E-state index contributed by atoms with van der Waals surface area (Å²) in [5.41, 5.74) is 0.883. The van der Waals surface area contributed by atoms with Crippen LogP contribution in [0.15, 0.2) is 48.1 Å². The molecule has 0 spiro atoms. The second-order valence-electron chi connectivity index (χ2n) is 7.74. The standard InChI is InChI=1S/C24H18Cl4N6O3S/c1-34(18-5-6-29-24(28)32-18)10-12-11-38-21(19(12)27)23(36)33-20-15(7-14(26)8-16(20)37-2)22(35)31-17-4-3-13(25)9-30-17/h3-9,11H,10H2,1-2H3,(H,33,36)(H,30,31,35). The number of nitrogens with one attached hydrogen (secondary N) is 2. The fourth-order valence-electron chi connectivity index (χ4n) is 3.37. The molecule has 0 aliphatic rings. The second-order valence-corrected chi connectivity index (χ2v) is 10.2. The smallest absolute Gasteiger partial charge is 0.267 e. The zero-order chi connectivity index (χ0) is 27.4. The molecule has 2 N–H and O–H groups in total. The highest BCUT2D eigenvalue weighted by molar-refractivity contribution is 7.13. The number of ether oxygens (including phenoxy) is 1. The van der Waals surface area contributed by atoms with Gasteiger partial charge in [0.15, 0.2) is 0 Å². The highest BCUT2D eigenvalue weighted by Crippen LogP contribution is 2.35. The van der Waals surface area contributed by atoms with Crippen molar-refractivity contribution in [2.45, 2.75) is 6.54 Å². The Morgan fingerprint density at radius 3 is 2.50 bits per heavy atom. The zero-order valence-electron chi connectivity index (χ0n) is 19.8. The molecule has 0 fully saturated rings. The molecule has 14 heteroatoms. The summed E-state index contributed by atoms with van der Waals surface area (Å²) < 4.78 is 5.40. The van der Waals surface area contributed by atoms with Gasteiger partial charge in [0.05, 0.1) is 28.4 Å². The molecular formula is C24H18Cl4N6O3S. The zero-order valence-corrected chi connectivity index (χ0v) is 23.6. The van der Waals surface area contributed by atoms with Crippen LogP contribution in [0.3, 0.4) is 0 Å². The number of pyridine rings is 1. The number of thiophene rings is 1. The van der Waals surface area contributed by atoms with Crippen molar-refractivity contribution in [2.24, 2.45) is 0 Å². The predicted octanol–water partition coefficient (Wildman–Crippen LogP) is 6.70. The predicted molar refractivity (Wildman–Crippen MR) is 152 cm³/mol. The third-order valence-electron chi connectivity index (χ3n) is 5.16. The van der Waals surface area contributed by atoms with Crippen LogP contribution in [-0.4, -0.2) is 40.9 Å². The van der Waals surface area contributed by atoms with Gasteiger partial charge in [-0.1, -0.05) is 34.8 Å². The number of rotatable bonds is 8. The van der Waals surface area contributed by atoms with E-state index in [0.29, 0.717) is 22.9 Å². The fraction of sp³-hybridized carbons (Fsp3) is 0.125. The molecule has 4 rings (SSSR count). The Kier molecular flexibility index (Phi) is 8.91. The lowest BCUT2D eigenvalue weighted by Crippen LogP contribution is -2.19. The van der Waals surface area contributed by atoms with Gasteiger partial charge in [-0.3, -0.25) is 9.59 Å². The molecule has 0 unspecified atom stereocenters. The van der Waals surface area contributed by atoms with Gasteiger partial charge in [-0.15, -0.1) is 11.3 Å². The molecule has 3 heterocycles. The van der Waals surface area contributed by atoms with E-state index < -0.39 is 11.8 Å². The van der Waals surface area contributed by atoms with Gasteiger partial charge in [-0.05, 0) is 41.2 Å². The van der Waals surface area contributed by atoms with Crippen LogP contribution in [0.2, 0.25) is 20.4 Å². The molecule has 0 bridgehead atoms. The maximum atomic E-state index is 13.3. The van der Waals surface area contributed by atoms with E-state index in [0.717, 1.165) is 11.3 Å². The number of benzene rings is 1. The molecule has 0 atom stereocenters. The number of nitrogens with zero attached hydrogens (tertiary/aromatic N) is 4. The molecule has 4 aromatic rings. The van der Waals surface area contributed by atoms with E-state index in [-0.39, 0.29) is 43.0 Å². The van der Waals surface area contributed by atoms with Gasteiger partial charge in [0.2, 0.25) is 5.28 Å². The summed E-state index contributed by atoms with van der Waals surface area (Å²) in [6.45, 7) is 0.363. The van der Waals surface area contributed by atoms with Crippen LogP contribution in [0.4, 0.5) is 17.3 Å². The summed E-state index contributed by atoms with van der Waals surface area (Å²) in [6.07, 6.45) is 2.94. The molecule has 0 radical (unpaired) electrons. The first-order valence-electron chi connectivity index (χ1n) is 10.7. The molecule has 0 saturated heterocycles. The lowest BCUT2D eigenvalue weighted by atomic mass is 10.1. The first-order chi connectivity index (χ1) is 18.2. The summed E-state index contributed by atoms with van der Waals surface area (Å²) in [5, 5.41) is 8.21. The van der Waals surface area contributed by atoms with Gasteiger partial charge >= 0.3 is 0 Å². The number of anilines is 3. The third-order valence-corrected chi connectivity index (χ3v) is 7.35. The number of hydrogen-bond acceptors (Lipinski definition) is 8. The number of methoxy groups -OCH3 is 1. The van der Waals surface area contributed by atoms with Crippen LogP contribution in [0.25, 0.3) is 0 Å². The van der Waals surface area contributed by atoms with E-state index in [2.05, 4.69) is 25.6 Å². The van der Waals surface area contributed by atoms with E-state index in [9.17, 15) is 9.59 Å². The van der Waals surface area contributed by atoms with Crippen LogP contribution < -0.4 is 20.3 Å². The SMILES string of the molecule is COc1cc(Cl)cc(C(=O)Nc2ccc(Cl)cn2)c1NC(=O)c1scc(CN(C)c2ccnc(Cl)n2)c1Cl. The molecule has 0 saturated carbocycles. The van der Waals surface area contributed by atoms with Crippen LogP contribution in [0, 0.1) is 0 Å². The van der Waals surface area contributed by atoms with Crippen molar-refractivity contribution in [3.63, 3.8) is 0 Å². The monoisotopic (exact) mass is 610 g/mol. The lowest BCUT2D eigenvalue weighted by Gasteiger charge is -2.17. The summed E-state index contributed by atoms with van der Waals surface area (Å²) in [5.74, 6) is -0.0590. The topological polar surface area (TPSA) is 109 Å². The van der Waals surface area contributed by atoms with Gasteiger partial charge in [-0.25, -0.2) is 15.0 Å². The number of amides is 2. The second kappa shape index (κ2) is 12.1. The highest BCUT2D eigenvalue weighted by Gasteiger charge is 2.24. The van der Waals surface area contributed by atoms with Gasteiger partial charge in [0.1, 0.15) is 22.3 Å². The molecule has 1 aromatic carbocycles. The van der Waals surface area contributed by atoms with E-state index >= 15 is 0 Å². The Bertz CT molecular complexity index is 1500. The van der Waals surface area contributed by atoms with Gasteiger partial charge in [0.25, 0.3) is 11.8 Å². The summed E-state index contributed by atoms with van der Waals surface area (Å²) in [6, 6.07) is 7.73. The quantitative estimate of drug-likeness (QED) is 0.213. The molecular weight excluding hydrogens is 594 g/mol. The van der Waals surface area contributed by atoms with Crippen molar-refractivity contribution in [1.82, 2.24) is 15.0 Å². The Morgan fingerprint density at radius 2 is 1.82 bits per heavy atom. The van der Waals surface area contributed by atoms with Crippen LogP contribution >= 0.6 is 57.7 Å². The minimum Gasteiger partial charge on any atom is -0.494 e. The molecule has 0 aliphatic carbocycles. The molecule has 9 nitrogen and oxygen atoms in total. The number of aromatic nitrogens is 3. The Hall–Kier alpha value is -3.15. The maximum absolute atomic E-state index is 13.3. The molecule has 38 heavy (non-hydrogen) atoms. The summed E-state index contributed by atoms with van der Waals surface area (Å²) in [7, 11) is 3.21. The van der Waals surface area contributed by atoms with E-state index in [1.165, 1.54) is 25.4 Å². The molecule has 2 amide bonds. The van der Waals surface area contributed by atoms with Crippen molar-refractivity contribution in [2.75, 3.05) is 29.7 Å².